The third-order valence-electron chi connectivity index (χ3n) is 3.54. The third kappa shape index (κ3) is 6.89. The third-order valence-corrected chi connectivity index (χ3v) is 4.51. The van der Waals surface area contributed by atoms with Crippen LogP contribution < -0.4 is 5.32 Å². The van der Waals surface area contributed by atoms with Crippen molar-refractivity contribution in [2.24, 2.45) is 0 Å². The molecule has 0 bridgehead atoms. The molecule has 0 saturated heterocycles. The van der Waals surface area contributed by atoms with E-state index in [4.69, 9.17) is 5.11 Å². The summed E-state index contributed by atoms with van der Waals surface area (Å²) in [6, 6.07) is 8.87. The van der Waals surface area contributed by atoms with Crippen molar-refractivity contribution >= 4 is 17.2 Å². The predicted octanol–water partition coefficient (Wildman–Crippen LogP) is 4.33. The minimum absolute atomic E-state index is 0.102. The Morgan fingerprint density at radius 2 is 2.03 bits per heavy atom. The molecule has 2 N–H and O–H groups in total. The van der Waals surface area contributed by atoms with Crippen LogP contribution in [0.5, 0.6) is 0 Å². The number of aliphatic hydroxyl groups is 1. The second kappa shape index (κ2) is 10.6. The Labute approximate surface area is 170 Å². The normalized spacial score (nSPS) is 12.0. The van der Waals surface area contributed by atoms with Gasteiger partial charge in [0.15, 0.2) is 10.7 Å². The molecule has 0 unspecified atom stereocenters. The average molecular weight is 420 g/mol. The summed E-state index contributed by atoms with van der Waals surface area (Å²) >= 11 is 0.596. The van der Waals surface area contributed by atoms with Crippen molar-refractivity contribution in [1.82, 2.24) is 10.3 Å². The van der Waals surface area contributed by atoms with E-state index < -0.39 is 22.7 Å². The molecule has 4 nitrogen and oxygen atoms in total. The molecule has 0 aliphatic heterocycles. The minimum Gasteiger partial charge on any atom is -0.392 e. The van der Waals surface area contributed by atoms with Crippen molar-refractivity contribution in [1.29, 1.82) is 0 Å². The number of allylic oxidation sites excluding steroid dienone is 3. The SMILES string of the molecule is CC/C=C(C#Cc1nc(C(F)(F)F)c(C(=O)NCc2ccccc2)s1)\C=C/CO. The summed E-state index contributed by atoms with van der Waals surface area (Å²) in [5.41, 5.74) is 0.0635. The molecule has 0 spiro atoms. The lowest BCUT2D eigenvalue weighted by Crippen LogP contribution is -2.24. The van der Waals surface area contributed by atoms with Crippen LogP contribution in [0.2, 0.25) is 0 Å². The Morgan fingerprint density at radius 3 is 2.66 bits per heavy atom. The van der Waals surface area contributed by atoms with E-state index in [0.29, 0.717) is 23.3 Å². The second-order valence-electron chi connectivity index (χ2n) is 5.77. The fourth-order valence-corrected chi connectivity index (χ4v) is 3.12. The molecule has 1 aromatic carbocycles. The summed E-state index contributed by atoms with van der Waals surface area (Å²) in [5.74, 6) is 4.45. The number of carbonyl (C=O) groups is 1. The van der Waals surface area contributed by atoms with Crippen LogP contribution in [0.4, 0.5) is 13.2 Å². The van der Waals surface area contributed by atoms with Crippen molar-refractivity contribution in [3.05, 3.63) is 75.3 Å². The fraction of sp³-hybridized carbons (Fsp3) is 0.238. The zero-order valence-electron chi connectivity index (χ0n) is 15.6. The molecule has 2 rings (SSSR count). The number of benzene rings is 1. The van der Waals surface area contributed by atoms with Gasteiger partial charge in [0, 0.05) is 12.1 Å². The molecule has 0 radical (unpaired) electrons. The average Bonchev–Trinajstić information content (AvgIpc) is 3.14. The largest absolute Gasteiger partial charge is 0.435 e. The van der Waals surface area contributed by atoms with E-state index >= 15 is 0 Å². The number of aliphatic hydroxyl groups excluding tert-OH is 1. The standard InChI is InChI=1S/C21H19F3N2O2S/c1-2-7-15(10-6-13-27)11-12-17-26-19(21(22,23)24)18(29-17)20(28)25-14-16-8-4-3-5-9-16/h3-10,27H,2,13-14H2,1H3,(H,25,28)/b10-6-,15-7+. The van der Waals surface area contributed by atoms with Crippen LogP contribution in [0.3, 0.4) is 0 Å². The number of thiazole rings is 1. The molecule has 0 fully saturated rings. The van der Waals surface area contributed by atoms with Gasteiger partial charge in [-0.25, -0.2) is 4.98 Å². The van der Waals surface area contributed by atoms with Crippen LogP contribution >= 0.6 is 11.3 Å². The van der Waals surface area contributed by atoms with E-state index in [1.807, 2.05) is 6.92 Å². The van der Waals surface area contributed by atoms with Gasteiger partial charge >= 0.3 is 6.18 Å². The van der Waals surface area contributed by atoms with Gasteiger partial charge < -0.3 is 10.4 Å². The number of alkyl halides is 3. The highest BCUT2D eigenvalue weighted by molar-refractivity contribution is 7.14. The minimum atomic E-state index is -4.77. The Hall–Kier alpha value is -2.89. The highest BCUT2D eigenvalue weighted by Gasteiger charge is 2.39. The number of carbonyl (C=O) groups excluding carboxylic acids is 1. The first-order valence-corrected chi connectivity index (χ1v) is 9.56. The highest BCUT2D eigenvalue weighted by Crippen LogP contribution is 2.34. The molecule has 29 heavy (non-hydrogen) atoms. The Morgan fingerprint density at radius 1 is 1.31 bits per heavy atom. The first-order valence-electron chi connectivity index (χ1n) is 8.74. The maximum absolute atomic E-state index is 13.3. The Kier molecular flexibility index (Phi) is 8.19. The van der Waals surface area contributed by atoms with E-state index in [1.165, 1.54) is 6.08 Å². The maximum atomic E-state index is 13.3. The smallest absolute Gasteiger partial charge is 0.392 e. The van der Waals surface area contributed by atoms with Gasteiger partial charge in [-0.1, -0.05) is 66.7 Å². The molecule has 1 amide bonds. The number of nitrogens with one attached hydrogen (secondary N) is 1. The molecule has 0 aliphatic rings. The van der Waals surface area contributed by atoms with Gasteiger partial charge in [-0.3, -0.25) is 4.79 Å². The molecule has 152 valence electrons. The molecular formula is C21H19F3N2O2S. The number of amides is 1. The summed E-state index contributed by atoms with van der Waals surface area (Å²) in [4.78, 5) is 15.3. The molecular weight excluding hydrogens is 401 g/mol. The zero-order valence-corrected chi connectivity index (χ0v) is 16.4. The van der Waals surface area contributed by atoms with Crippen molar-refractivity contribution in [3.8, 4) is 11.8 Å². The summed E-state index contributed by atoms with van der Waals surface area (Å²) in [7, 11) is 0. The van der Waals surface area contributed by atoms with Gasteiger partial charge in [-0.05, 0) is 24.0 Å². The van der Waals surface area contributed by atoms with Crippen LogP contribution in [0.15, 0.2) is 54.1 Å². The monoisotopic (exact) mass is 420 g/mol. The van der Waals surface area contributed by atoms with Crippen LogP contribution in [-0.2, 0) is 12.7 Å². The topological polar surface area (TPSA) is 62.2 Å². The number of hydrogen-bond donors (Lipinski definition) is 2. The van der Waals surface area contributed by atoms with Gasteiger partial charge in [0.05, 0.1) is 6.61 Å². The number of hydrogen-bond acceptors (Lipinski definition) is 4. The molecule has 2 aromatic rings. The predicted molar refractivity (Wildman–Crippen MR) is 106 cm³/mol. The van der Waals surface area contributed by atoms with E-state index in [-0.39, 0.29) is 18.2 Å². The van der Waals surface area contributed by atoms with Gasteiger partial charge in [0.2, 0.25) is 0 Å². The summed E-state index contributed by atoms with van der Waals surface area (Å²) < 4.78 is 40.0. The van der Waals surface area contributed by atoms with Crippen LogP contribution in [0.25, 0.3) is 0 Å². The fourth-order valence-electron chi connectivity index (χ4n) is 2.26. The van der Waals surface area contributed by atoms with Crippen LogP contribution in [0, 0.1) is 11.8 Å². The molecule has 8 heteroatoms. The maximum Gasteiger partial charge on any atom is 0.435 e. The number of nitrogens with zero attached hydrogens (tertiary/aromatic N) is 1. The summed E-state index contributed by atoms with van der Waals surface area (Å²) in [6.45, 7) is 1.81. The Bertz CT molecular complexity index is 952. The van der Waals surface area contributed by atoms with Crippen LogP contribution in [0.1, 0.15) is 39.3 Å². The number of halogens is 3. The first-order chi connectivity index (χ1) is 13.8. The number of aromatic nitrogens is 1. The highest BCUT2D eigenvalue weighted by atomic mass is 32.1. The van der Waals surface area contributed by atoms with E-state index in [1.54, 1.807) is 42.5 Å². The van der Waals surface area contributed by atoms with Gasteiger partial charge in [-0.2, -0.15) is 13.2 Å². The molecule has 0 saturated carbocycles. The van der Waals surface area contributed by atoms with E-state index in [9.17, 15) is 18.0 Å². The quantitative estimate of drug-likeness (QED) is 0.540. The van der Waals surface area contributed by atoms with E-state index in [2.05, 4.69) is 22.1 Å². The van der Waals surface area contributed by atoms with E-state index in [0.717, 1.165) is 5.56 Å². The lowest BCUT2D eigenvalue weighted by Gasteiger charge is -2.07. The molecule has 1 heterocycles. The van der Waals surface area contributed by atoms with Crippen molar-refractivity contribution in [3.63, 3.8) is 0 Å². The van der Waals surface area contributed by atoms with Crippen molar-refractivity contribution < 1.29 is 23.1 Å². The second-order valence-corrected chi connectivity index (χ2v) is 6.76. The first kappa shape index (κ1) is 22.4. The zero-order chi connectivity index (χ0) is 21.3. The van der Waals surface area contributed by atoms with Crippen molar-refractivity contribution in [2.45, 2.75) is 26.1 Å². The molecule has 0 atom stereocenters. The van der Waals surface area contributed by atoms with Gasteiger partial charge in [0.25, 0.3) is 5.91 Å². The lowest BCUT2D eigenvalue weighted by atomic mass is 10.2. The van der Waals surface area contributed by atoms with Gasteiger partial charge in [-0.15, -0.1) is 0 Å². The molecule has 1 aromatic heterocycles. The lowest BCUT2D eigenvalue weighted by molar-refractivity contribution is -0.141. The van der Waals surface area contributed by atoms with Crippen LogP contribution in [-0.4, -0.2) is 22.6 Å². The number of rotatable bonds is 6. The molecule has 0 aliphatic carbocycles. The Balaban J connectivity index is 2.28. The van der Waals surface area contributed by atoms with Crippen molar-refractivity contribution in [2.75, 3.05) is 6.61 Å². The van der Waals surface area contributed by atoms with Gasteiger partial charge in [0.1, 0.15) is 4.88 Å². The summed E-state index contributed by atoms with van der Waals surface area (Å²) in [6.07, 6.45) is 0.710. The summed E-state index contributed by atoms with van der Waals surface area (Å²) in [5, 5.41) is 11.2.